The first-order chi connectivity index (χ1) is 6.77. The minimum atomic E-state index is -0.182. The first-order valence-electron chi connectivity index (χ1n) is 4.10. The Kier molecular flexibility index (Phi) is 2.02. The first-order valence-corrected chi connectivity index (χ1v) is 4.10. The van der Waals surface area contributed by atoms with E-state index in [0.717, 1.165) is 0 Å². The van der Waals surface area contributed by atoms with Gasteiger partial charge in [-0.1, -0.05) is 12.1 Å². The second-order valence-electron chi connectivity index (χ2n) is 2.85. The molecule has 0 bridgehead atoms. The normalized spacial score (nSPS) is 10.0. The summed E-state index contributed by atoms with van der Waals surface area (Å²) in [5.41, 5.74) is 0.852. The van der Waals surface area contributed by atoms with Crippen LogP contribution in [0.1, 0.15) is 16.1 Å². The van der Waals surface area contributed by atoms with Gasteiger partial charge in [-0.05, 0) is 18.2 Å². The van der Waals surface area contributed by atoms with Gasteiger partial charge in [0.25, 0.3) is 0 Å². The molecule has 0 saturated carbocycles. The van der Waals surface area contributed by atoms with Crippen LogP contribution in [0.3, 0.4) is 0 Å². The molecule has 4 heteroatoms. The summed E-state index contributed by atoms with van der Waals surface area (Å²) in [5.74, 6) is -0.103. The van der Waals surface area contributed by atoms with Crippen molar-refractivity contribution in [2.24, 2.45) is 0 Å². The summed E-state index contributed by atoms with van der Waals surface area (Å²) >= 11 is 0. The number of H-pyrrole nitrogens is 1. The molecule has 0 aliphatic rings. The van der Waals surface area contributed by atoms with Crippen molar-refractivity contribution in [2.45, 2.75) is 0 Å². The fourth-order valence-electron chi connectivity index (χ4n) is 1.18. The average molecular weight is 188 g/mol. The van der Waals surface area contributed by atoms with Gasteiger partial charge in [0.05, 0.1) is 0 Å². The Bertz CT molecular complexity index is 449. The minimum absolute atomic E-state index is 0.0790. The molecule has 2 aromatic rings. The molecule has 14 heavy (non-hydrogen) atoms. The van der Waals surface area contributed by atoms with E-state index in [1.807, 2.05) is 0 Å². The van der Waals surface area contributed by atoms with Crippen molar-refractivity contribution in [3.63, 3.8) is 0 Å². The van der Waals surface area contributed by atoms with Crippen LogP contribution in [-0.4, -0.2) is 21.1 Å². The van der Waals surface area contributed by atoms with E-state index in [1.165, 1.54) is 18.3 Å². The van der Waals surface area contributed by atoms with Gasteiger partial charge in [-0.15, -0.1) is 0 Å². The summed E-state index contributed by atoms with van der Waals surface area (Å²) in [5, 5.41) is 15.4. The molecule has 70 valence electrons. The number of aromatic nitrogens is 2. The number of nitrogens with one attached hydrogen (secondary N) is 1. The van der Waals surface area contributed by atoms with Crippen molar-refractivity contribution in [2.75, 3.05) is 0 Å². The van der Waals surface area contributed by atoms with Crippen molar-refractivity contribution >= 4 is 5.78 Å². The van der Waals surface area contributed by atoms with Crippen LogP contribution in [0.4, 0.5) is 0 Å². The number of nitrogens with zero attached hydrogens (tertiary/aromatic N) is 1. The van der Waals surface area contributed by atoms with Gasteiger partial charge in [0, 0.05) is 11.8 Å². The number of benzene rings is 1. The molecule has 0 saturated heterocycles. The Morgan fingerprint density at radius 3 is 2.86 bits per heavy atom. The van der Waals surface area contributed by atoms with E-state index in [2.05, 4.69) is 10.2 Å². The first kappa shape index (κ1) is 8.50. The maximum Gasteiger partial charge on any atom is 0.210 e. The summed E-state index contributed by atoms with van der Waals surface area (Å²) in [6, 6.07) is 7.79. The lowest BCUT2D eigenvalue weighted by Gasteiger charge is -1.98. The molecule has 2 rings (SSSR count). The van der Waals surface area contributed by atoms with Crippen LogP contribution in [0.15, 0.2) is 36.5 Å². The lowest BCUT2D eigenvalue weighted by atomic mass is 10.1. The highest BCUT2D eigenvalue weighted by Crippen LogP contribution is 2.13. The number of hydrogen-bond donors (Lipinski definition) is 2. The van der Waals surface area contributed by atoms with Crippen LogP contribution >= 0.6 is 0 Å². The molecule has 2 N–H and O–H groups in total. The number of hydrogen-bond acceptors (Lipinski definition) is 3. The molecule has 0 spiro atoms. The van der Waals surface area contributed by atoms with Gasteiger partial charge >= 0.3 is 0 Å². The number of rotatable bonds is 2. The molecule has 0 unspecified atom stereocenters. The smallest absolute Gasteiger partial charge is 0.210 e. The number of carbonyl (C=O) groups is 1. The number of carbonyl (C=O) groups excluding carboxylic acids is 1. The van der Waals surface area contributed by atoms with E-state index in [-0.39, 0.29) is 11.5 Å². The van der Waals surface area contributed by atoms with Crippen LogP contribution in [0.25, 0.3) is 0 Å². The predicted octanol–water partition coefficient (Wildman–Crippen LogP) is 1.35. The van der Waals surface area contributed by atoms with E-state index in [0.29, 0.717) is 11.3 Å². The summed E-state index contributed by atoms with van der Waals surface area (Å²) in [6.45, 7) is 0. The highest BCUT2D eigenvalue weighted by Gasteiger charge is 2.09. The van der Waals surface area contributed by atoms with E-state index in [9.17, 15) is 9.90 Å². The fourth-order valence-corrected chi connectivity index (χ4v) is 1.18. The van der Waals surface area contributed by atoms with E-state index < -0.39 is 0 Å². The summed E-state index contributed by atoms with van der Waals surface area (Å²) in [7, 11) is 0. The van der Waals surface area contributed by atoms with Gasteiger partial charge in [0.1, 0.15) is 11.4 Å². The average Bonchev–Trinajstić information content (AvgIpc) is 2.69. The standard InChI is InChI=1S/C10H8N2O2/c13-8-3-1-2-7(6-8)10(14)9-4-5-11-12-9/h1-6,13H,(H,11,12). The third kappa shape index (κ3) is 1.50. The number of aromatic hydroxyl groups is 1. The molecule has 1 aromatic carbocycles. The van der Waals surface area contributed by atoms with Gasteiger partial charge < -0.3 is 5.11 Å². The third-order valence-corrected chi connectivity index (χ3v) is 1.85. The minimum Gasteiger partial charge on any atom is -0.508 e. The van der Waals surface area contributed by atoms with Crippen molar-refractivity contribution in [1.82, 2.24) is 10.2 Å². The Labute approximate surface area is 80.2 Å². The Balaban J connectivity index is 2.37. The molecule has 0 radical (unpaired) electrons. The molecular weight excluding hydrogens is 180 g/mol. The molecule has 0 aliphatic heterocycles. The second-order valence-corrected chi connectivity index (χ2v) is 2.85. The predicted molar refractivity (Wildman–Crippen MR) is 50.1 cm³/mol. The van der Waals surface area contributed by atoms with Crippen molar-refractivity contribution < 1.29 is 9.90 Å². The van der Waals surface area contributed by atoms with Gasteiger partial charge in [0.15, 0.2) is 0 Å². The summed E-state index contributed by atoms with van der Waals surface area (Å²) in [6.07, 6.45) is 1.51. The molecule has 1 aromatic heterocycles. The van der Waals surface area contributed by atoms with Crippen molar-refractivity contribution in [3.8, 4) is 5.75 Å². The molecule has 0 atom stereocenters. The van der Waals surface area contributed by atoms with Gasteiger partial charge in [-0.2, -0.15) is 5.10 Å². The Morgan fingerprint density at radius 1 is 1.36 bits per heavy atom. The van der Waals surface area contributed by atoms with E-state index in [1.54, 1.807) is 18.2 Å². The lowest BCUT2D eigenvalue weighted by molar-refractivity contribution is 0.103. The molecule has 0 aliphatic carbocycles. The maximum atomic E-state index is 11.7. The van der Waals surface area contributed by atoms with Crippen molar-refractivity contribution in [1.29, 1.82) is 0 Å². The van der Waals surface area contributed by atoms with Gasteiger partial charge in [0.2, 0.25) is 5.78 Å². The molecular formula is C10H8N2O2. The third-order valence-electron chi connectivity index (χ3n) is 1.85. The van der Waals surface area contributed by atoms with Crippen LogP contribution < -0.4 is 0 Å². The molecule has 0 amide bonds. The van der Waals surface area contributed by atoms with Crippen LogP contribution in [0, 0.1) is 0 Å². The Morgan fingerprint density at radius 2 is 2.21 bits per heavy atom. The topological polar surface area (TPSA) is 66.0 Å². The van der Waals surface area contributed by atoms with Crippen LogP contribution in [0.5, 0.6) is 5.75 Å². The number of ketones is 1. The number of phenols is 1. The fraction of sp³-hybridized carbons (Fsp3) is 0. The molecule has 4 nitrogen and oxygen atoms in total. The highest BCUT2D eigenvalue weighted by atomic mass is 16.3. The van der Waals surface area contributed by atoms with E-state index >= 15 is 0 Å². The number of phenolic OH excluding ortho intramolecular Hbond substituents is 1. The second kappa shape index (κ2) is 3.33. The van der Waals surface area contributed by atoms with Crippen LogP contribution in [0.2, 0.25) is 0 Å². The zero-order valence-corrected chi connectivity index (χ0v) is 7.27. The quantitative estimate of drug-likeness (QED) is 0.699. The zero-order valence-electron chi connectivity index (χ0n) is 7.27. The highest BCUT2D eigenvalue weighted by molar-refractivity contribution is 6.07. The number of aromatic amines is 1. The monoisotopic (exact) mass is 188 g/mol. The Hall–Kier alpha value is -2.10. The summed E-state index contributed by atoms with van der Waals surface area (Å²) < 4.78 is 0. The zero-order chi connectivity index (χ0) is 9.97. The SMILES string of the molecule is O=C(c1cccc(O)c1)c1ccn[nH]1. The molecule has 1 heterocycles. The van der Waals surface area contributed by atoms with Gasteiger partial charge in [-0.25, -0.2) is 0 Å². The van der Waals surface area contributed by atoms with Crippen molar-refractivity contribution in [3.05, 3.63) is 47.8 Å². The van der Waals surface area contributed by atoms with E-state index in [4.69, 9.17) is 0 Å². The maximum absolute atomic E-state index is 11.7. The lowest BCUT2D eigenvalue weighted by Crippen LogP contribution is -2.01. The van der Waals surface area contributed by atoms with Crippen LogP contribution in [-0.2, 0) is 0 Å². The largest absolute Gasteiger partial charge is 0.508 e. The molecule has 0 fully saturated rings. The van der Waals surface area contributed by atoms with Gasteiger partial charge in [-0.3, -0.25) is 9.89 Å². The summed E-state index contributed by atoms with van der Waals surface area (Å²) in [4.78, 5) is 11.7.